The lowest BCUT2D eigenvalue weighted by atomic mass is 10.2. The number of likely N-dealkylation sites (N-methyl/N-ethyl adjacent to an activating group) is 1. The number of rotatable bonds is 4. The number of aliphatic carboxylic acids is 1. The normalized spacial score (nSPS) is 12.4. The van der Waals surface area contributed by atoms with Gasteiger partial charge >= 0.3 is 5.97 Å². The number of nitrogens with zero attached hydrogens (tertiary/aromatic N) is 2. The number of carboxylic acid groups (broad SMARTS) is 1. The Balaban J connectivity index is 2.48. The molecule has 0 bridgehead atoms. The highest BCUT2D eigenvalue weighted by molar-refractivity contribution is 5.74. The summed E-state index contributed by atoms with van der Waals surface area (Å²) in [6, 6.07) is 4.46. The second-order valence-electron chi connectivity index (χ2n) is 4.22. The van der Waals surface area contributed by atoms with Crippen molar-refractivity contribution in [3.63, 3.8) is 0 Å². The molecule has 0 radical (unpaired) electrons. The molecule has 100 valence electrons. The van der Waals surface area contributed by atoms with Crippen LogP contribution < -0.4 is 5.32 Å². The molecule has 2 heterocycles. The fourth-order valence-corrected chi connectivity index (χ4v) is 1.78. The van der Waals surface area contributed by atoms with E-state index in [9.17, 15) is 4.79 Å². The predicted octanol–water partition coefficient (Wildman–Crippen LogP) is 1.70. The van der Waals surface area contributed by atoms with Gasteiger partial charge < -0.3 is 14.8 Å². The van der Waals surface area contributed by atoms with E-state index in [1.54, 1.807) is 26.1 Å². The van der Waals surface area contributed by atoms with E-state index < -0.39 is 12.0 Å². The lowest BCUT2D eigenvalue weighted by molar-refractivity contribution is -0.139. The van der Waals surface area contributed by atoms with Gasteiger partial charge in [-0.05, 0) is 39.1 Å². The number of hydrogen-bond acceptors (Lipinski definition) is 5. The van der Waals surface area contributed by atoms with Crippen LogP contribution in [0.3, 0.4) is 0 Å². The second-order valence-corrected chi connectivity index (χ2v) is 4.22. The number of hydrogen-bond donors (Lipinski definition) is 2. The van der Waals surface area contributed by atoms with Crippen LogP contribution in [0.2, 0.25) is 0 Å². The van der Waals surface area contributed by atoms with Crippen molar-refractivity contribution in [2.24, 2.45) is 0 Å². The van der Waals surface area contributed by atoms with Crippen molar-refractivity contribution in [3.8, 4) is 11.5 Å². The van der Waals surface area contributed by atoms with Crippen LogP contribution in [0.25, 0.3) is 11.5 Å². The maximum Gasteiger partial charge on any atom is 0.328 e. The van der Waals surface area contributed by atoms with Crippen LogP contribution in [0.15, 0.2) is 22.6 Å². The maximum absolute atomic E-state index is 11.1. The molecule has 1 unspecified atom stereocenters. The van der Waals surface area contributed by atoms with Gasteiger partial charge in [-0.15, -0.1) is 0 Å². The summed E-state index contributed by atoms with van der Waals surface area (Å²) in [4.78, 5) is 19.6. The number of furan rings is 1. The third-order valence-electron chi connectivity index (χ3n) is 2.66. The fourth-order valence-electron chi connectivity index (χ4n) is 1.78. The molecule has 2 aromatic rings. The van der Waals surface area contributed by atoms with Crippen molar-refractivity contribution < 1.29 is 14.3 Å². The quantitative estimate of drug-likeness (QED) is 0.870. The summed E-state index contributed by atoms with van der Waals surface area (Å²) in [5.41, 5.74) is 1.27. The van der Waals surface area contributed by atoms with E-state index in [4.69, 9.17) is 9.52 Å². The van der Waals surface area contributed by atoms with Gasteiger partial charge in [0.1, 0.15) is 11.5 Å². The number of carbonyl (C=O) groups is 1. The summed E-state index contributed by atoms with van der Waals surface area (Å²) in [5, 5.41) is 11.8. The molecule has 6 heteroatoms. The van der Waals surface area contributed by atoms with Crippen molar-refractivity contribution in [1.82, 2.24) is 15.3 Å². The first-order valence-corrected chi connectivity index (χ1v) is 5.83. The Morgan fingerprint density at radius 2 is 2.11 bits per heavy atom. The summed E-state index contributed by atoms with van der Waals surface area (Å²) in [7, 11) is 1.56. The van der Waals surface area contributed by atoms with Crippen LogP contribution in [0.5, 0.6) is 0 Å². The van der Waals surface area contributed by atoms with Gasteiger partial charge in [-0.3, -0.25) is 4.79 Å². The molecule has 2 rings (SSSR count). The third kappa shape index (κ3) is 2.79. The smallest absolute Gasteiger partial charge is 0.328 e. The van der Waals surface area contributed by atoms with Crippen LogP contribution in [0, 0.1) is 13.8 Å². The SMILES string of the molecule is CNC(C(=O)O)c1nc(C)cc(-c2ccc(C)o2)n1. The Labute approximate surface area is 110 Å². The van der Waals surface area contributed by atoms with E-state index in [1.807, 2.05) is 13.0 Å². The standard InChI is InChI=1S/C13H15N3O3/c1-7-6-9(10-5-4-8(2)19-10)16-12(15-7)11(14-3)13(17)18/h4-6,11,14H,1-3H3,(H,17,18). The lowest BCUT2D eigenvalue weighted by Crippen LogP contribution is -2.27. The van der Waals surface area contributed by atoms with E-state index in [1.165, 1.54) is 0 Å². The van der Waals surface area contributed by atoms with Gasteiger partial charge in [-0.25, -0.2) is 9.97 Å². The van der Waals surface area contributed by atoms with Gasteiger partial charge in [0.25, 0.3) is 0 Å². The third-order valence-corrected chi connectivity index (χ3v) is 2.66. The van der Waals surface area contributed by atoms with E-state index in [0.717, 1.165) is 5.76 Å². The van der Waals surface area contributed by atoms with Gasteiger partial charge in [-0.2, -0.15) is 0 Å². The Kier molecular flexibility index (Phi) is 3.62. The van der Waals surface area contributed by atoms with Crippen LogP contribution in [-0.4, -0.2) is 28.1 Å². The zero-order valence-corrected chi connectivity index (χ0v) is 11.0. The number of aromatic nitrogens is 2. The molecule has 0 fully saturated rings. The van der Waals surface area contributed by atoms with E-state index in [0.29, 0.717) is 17.1 Å². The Bertz CT molecular complexity index is 607. The number of aryl methyl sites for hydroxylation is 2. The molecule has 0 saturated carbocycles. The highest BCUT2D eigenvalue weighted by Crippen LogP contribution is 2.22. The van der Waals surface area contributed by atoms with Crippen molar-refractivity contribution in [2.45, 2.75) is 19.9 Å². The lowest BCUT2D eigenvalue weighted by Gasteiger charge is -2.11. The first kappa shape index (κ1) is 13.2. The van der Waals surface area contributed by atoms with E-state index >= 15 is 0 Å². The van der Waals surface area contributed by atoms with Gasteiger partial charge in [0, 0.05) is 5.69 Å². The molecule has 0 aliphatic rings. The molecule has 6 nitrogen and oxygen atoms in total. The molecule has 0 aliphatic carbocycles. The maximum atomic E-state index is 11.1. The molecule has 0 amide bonds. The van der Waals surface area contributed by atoms with Crippen LogP contribution in [-0.2, 0) is 4.79 Å². The minimum Gasteiger partial charge on any atom is -0.480 e. The van der Waals surface area contributed by atoms with Crippen LogP contribution in [0.1, 0.15) is 23.3 Å². The summed E-state index contributed by atoms with van der Waals surface area (Å²) >= 11 is 0. The molecule has 2 aromatic heterocycles. The zero-order chi connectivity index (χ0) is 14.0. The van der Waals surface area contributed by atoms with Crippen molar-refractivity contribution >= 4 is 5.97 Å². The Hall–Kier alpha value is -2.21. The average Bonchev–Trinajstić information content (AvgIpc) is 2.75. The van der Waals surface area contributed by atoms with Gasteiger partial charge in [0.15, 0.2) is 17.6 Å². The molecule has 2 N–H and O–H groups in total. The molecular formula is C13H15N3O3. The molecular weight excluding hydrogens is 246 g/mol. The van der Waals surface area contributed by atoms with Gasteiger partial charge in [0.2, 0.25) is 0 Å². The second kappa shape index (κ2) is 5.19. The van der Waals surface area contributed by atoms with E-state index in [-0.39, 0.29) is 5.82 Å². The molecule has 0 aromatic carbocycles. The minimum absolute atomic E-state index is 0.221. The number of carboxylic acids is 1. The van der Waals surface area contributed by atoms with Crippen molar-refractivity contribution in [3.05, 3.63) is 35.5 Å². The van der Waals surface area contributed by atoms with Crippen molar-refractivity contribution in [1.29, 1.82) is 0 Å². The summed E-state index contributed by atoms with van der Waals surface area (Å²) in [6.07, 6.45) is 0. The fraction of sp³-hybridized carbons (Fsp3) is 0.308. The highest BCUT2D eigenvalue weighted by Gasteiger charge is 2.22. The average molecular weight is 261 g/mol. The van der Waals surface area contributed by atoms with Crippen molar-refractivity contribution in [2.75, 3.05) is 7.05 Å². The highest BCUT2D eigenvalue weighted by atomic mass is 16.4. The summed E-state index contributed by atoms with van der Waals surface area (Å²) in [6.45, 7) is 3.63. The summed E-state index contributed by atoms with van der Waals surface area (Å²) in [5.74, 6) is 0.578. The Morgan fingerprint density at radius 3 is 2.63 bits per heavy atom. The predicted molar refractivity (Wildman–Crippen MR) is 68.6 cm³/mol. The van der Waals surface area contributed by atoms with Gasteiger partial charge in [0.05, 0.1) is 0 Å². The Morgan fingerprint density at radius 1 is 1.37 bits per heavy atom. The largest absolute Gasteiger partial charge is 0.480 e. The molecule has 0 aliphatic heterocycles. The van der Waals surface area contributed by atoms with E-state index in [2.05, 4.69) is 15.3 Å². The van der Waals surface area contributed by atoms with Crippen LogP contribution in [0.4, 0.5) is 0 Å². The zero-order valence-electron chi connectivity index (χ0n) is 11.0. The monoisotopic (exact) mass is 261 g/mol. The molecule has 19 heavy (non-hydrogen) atoms. The minimum atomic E-state index is -1.02. The topological polar surface area (TPSA) is 88.2 Å². The summed E-state index contributed by atoms with van der Waals surface area (Å²) < 4.78 is 5.50. The molecule has 1 atom stereocenters. The number of nitrogens with one attached hydrogen (secondary N) is 1. The van der Waals surface area contributed by atoms with Gasteiger partial charge in [-0.1, -0.05) is 0 Å². The molecule has 0 spiro atoms. The first-order valence-electron chi connectivity index (χ1n) is 5.83. The molecule has 0 saturated heterocycles. The first-order chi connectivity index (χ1) is 9.01. The van der Waals surface area contributed by atoms with Crippen LogP contribution >= 0.6 is 0 Å².